The molecule has 0 amide bonds. The van der Waals surface area contributed by atoms with E-state index >= 15 is 0 Å². The summed E-state index contributed by atoms with van der Waals surface area (Å²) >= 11 is 0. The number of hydrogen-bond acceptors (Lipinski definition) is 5. The largest absolute Gasteiger partial charge is 0.464 e. The number of nitro benzene ring substituents is 1. The summed E-state index contributed by atoms with van der Waals surface area (Å²) in [5.74, 6) is -1.19. The molecule has 0 radical (unpaired) electrons. The second-order valence-electron chi connectivity index (χ2n) is 4.16. The quantitative estimate of drug-likeness (QED) is 0.501. The van der Waals surface area contributed by atoms with Gasteiger partial charge in [0.05, 0.1) is 24.6 Å². The van der Waals surface area contributed by atoms with Crippen molar-refractivity contribution in [2.45, 2.75) is 6.54 Å². The summed E-state index contributed by atoms with van der Waals surface area (Å²) in [4.78, 5) is 24.3. The summed E-state index contributed by atoms with van der Waals surface area (Å²) in [5, 5.41) is 13.7. The molecule has 0 saturated heterocycles. The van der Waals surface area contributed by atoms with Gasteiger partial charge in [-0.15, -0.1) is 0 Å². The Bertz CT molecular complexity index is 684. The number of methoxy groups -OCH3 is 1. The molecule has 7 nitrogen and oxygen atoms in total. The lowest BCUT2D eigenvalue weighted by Gasteiger charge is -2.06. The number of aromatic nitrogens is 1. The van der Waals surface area contributed by atoms with Crippen molar-refractivity contribution in [3.8, 4) is 0 Å². The SMILES string of the molecule is COC(=O)c1ccc(CNc2ccc(F)cc2[N+](=O)[O-])[nH]1. The summed E-state index contributed by atoms with van der Waals surface area (Å²) in [6.45, 7) is 0.212. The molecule has 1 aromatic carbocycles. The number of nitrogens with zero attached hydrogens (tertiary/aromatic N) is 1. The number of hydrogen-bond donors (Lipinski definition) is 2. The number of esters is 1. The number of carbonyl (C=O) groups excluding carboxylic acids is 1. The van der Waals surface area contributed by atoms with Gasteiger partial charge in [-0.1, -0.05) is 0 Å². The minimum Gasteiger partial charge on any atom is -0.464 e. The van der Waals surface area contributed by atoms with Crippen molar-refractivity contribution in [3.05, 3.63) is 57.7 Å². The normalized spacial score (nSPS) is 10.2. The maximum absolute atomic E-state index is 13.0. The molecule has 0 saturated carbocycles. The van der Waals surface area contributed by atoms with Gasteiger partial charge >= 0.3 is 5.97 Å². The van der Waals surface area contributed by atoms with E-state index in [1.165, 1.54) is 13.2 Å². The van der Waals surface area contributed by atoms with Gasteiger partial charge in [0, 0.05) is 5.69 Å². The smallest absolute Gasteiger partial charge is 0.354 e. The molecule has 0 aliphatic heterocycles. The number of rotatable bonds is 5. The van der Waals surface area contributed by atoms with Gasteiger partial charge in [0.25, 0.3) is 5.69 Å². The van der Waals surface area contributed by atoms with Crippen LogP contribution in [0.1, 0.15) is 16.2 Å². The zero-order valence-corrected chi connectivity index (χ0v) is 11.1. The minimum atomic E-state index is -0.680. The van der Waals surface area contributed by atoms with Crippen molar-refractivity contribution in [1.82, 2.24) is 4.98 Å². The molecule has 2 rings (SSSR count). The first-order valence-corrected chi connectivity index (χ1v) is 5.95. The fraction of sp³-hybridized carbons (Fsp3) is 0.154. The second-order valence-corrected chi connectivity index (χ2v) is 4.16. The summed E-state index contributed by atoms with van der Waals surface area (Å²) in [7, 11) is 1.27. The van der Waals surface area contributed by atoms with E-state index < -0.39 is 16.7 Å². The first-order valence-electron chi connectivity index (χ1n) is 5.95. The molecule has 0 unspecified atom stereocenters. The Kier molecular flexibility index (Phi) is 4.17. The Morgan fingerprint density at radius 2 is 2.19 bits per heavy atom. The van der Waals surface area contributed by atoms with Crippen LogP contribution in [0.3, 0.4) is 0 Å². The number of aromatic amines is 1. The van der Waals surface area contributed by atoms with Crippen LogP contribution < -0.4 is 5.32 Å². The third-order valence-corrected chi connectivity index (χ3v) is 2.78. The van der Waals surface area contributed by atoms with Crippen LogP contribution in [0.25, 0.3) is 0 Å². The van der Waals surface area contributed by atoms with Crippen LogP contribution in [-0.4, -0.2) is 23.0 Å². The second kappa shape index (κ2) is 6.04. The Hall–Kier alpha value is -2.90. The minimum absolute atomic E-state index is 0.190. The highest BCUT2D eigenvalue weighted by Crippen LogP contribution is 2.25. The van der Waals surface area contributed by atoms with Gasteiger partial charge in [-0.25, -0.2) is 9.18 Å². The van der Waals surface area contributed by atoms with Crippen molar-refractivity contribution in [3.63, 3.8) is 0 Å². The Morgan fingerprint density at radius 3 is 2.86 bits per heavy atom. The molecule has 0 aliphatic rings. The number of carbonyl (C=O) groups is 1. The van der Waals surface area contributed by atoms with Crippen molar-refractivity contribution >= 4 is 17.3 Å². The van der Waals surface area contributed by atoms with E-state index in [0.717, 1.165) is 12.1 Å². The summed E-state index contributed by atoms with van der Waals surface area (Å²) in [5.41, 5.74) is 0.752. The lowest BCUT2D eigenvalue weighted by molar-refractivity contribution is -0.384. The van der Waals surface area contributed by atoms with Crippen LogP contribution in [-0.2, 0) is 11.3 Å². The van der Waals surface area contributed by atoms with E-state index in [1.54, 1.807) is 12.1 Å². The highest BCUT2D eigenvalue weighted by molar-refractivity contribution is 5.87. The van der Waals surface area contributed by atoms with Gasteiger partial charge in [-0.05, 0) is 24.3 Å². The standard InChI is InChI=1S/C13H12FN3O4/c1-21-13(18)11-5-3-9(16-11)7-15-10-4-2-8(14)6-12(10)17(19)20/h2-6,15-16H,7H2,1H3. The number of nitrogens with one attached hydrogen (secondary N) is 2. The third-order valence-electron chi connectivity index (χ3n) is 2.78. The molecule has 21 heavy (non-hydrogen) atoms. The van der Waals surface area contributed by atoms with Crippen LogP contribution in [0.2, 0.25) is 0 Å². The lowest BCUT2D eigenvalue weighted by atomic mass is 10.2. The molecule has 0 aliphatic carbocycles. The topological polar surface area (TPSA) is 97.3 Å². The molecule has 0 bridgehead atoms. The molecule has 2 aromatic rings. The molecule has 0 atom stereocenters. The predicted octanol–water partition coefficient (Wildman–Crippen LogP) is 2.46. The zero-order valence-electron chi connectivity index (χ0n) is 11.1. The van der Waals surface area contributed by atoms with Crippen LogP contribution in [0.5, 0.6) is 0 Å². The van der Waals surface area contributed by atoms with Crippen LogP contribution in [0.15, 0.2) is 30.3 Å². The third kappa shape index (κ3) is 3.35. The number of ether oxygens (including phenoxy) is 1. The van der Waals surface area contributed by atoms with Crippen molar-refractivity contribution in [2.24, 2.45) is 0 Å². The molecule has 110 valence electrons. The molecule has 2 N–H and O–H groups in total. The fourth-order valence-electron chi connectivity index (χ4n) is 1.77. The predicted molar refractivity (Wildman–Crippen MR) is 72.5 cm³/mol. The maximum atomic E-state index is 13.0. The number of H-pyrrole nitrogens is 1. The van der Waals surface area contributed by atoms with Crippen molar-refractivity contribution in [2.75, 3.05) is 12.4 Å². The monoisotopic (exact) mass is 293 g/mol. The molecule has 0 spiro atoms. The number of halogens is 1. The van der Waals surface area contributed by atoms with Crippen LogP contribution >= 0.6 is 0 Å². The van der Waals surface area contributed by atoms with E-state index in [0.29, 0.717) is 5.69 Å². The van der Waals surface area contributed by atoms with E-state index in [9.17, 15) is 19.3 Å². The number of nitro groups is 1. The van der Waals surface area contributed by atoms with Gasteiger partial charge < -0.3 is 15.0 Å². The van der Waals surface area contributed by atoms with Crippen molar-refractivity contribution in [1.29, 1.82) is 0 Å². The lowest BCUT2D eigenvalue weighted by Crippen LogP contribution is -2.05. The van der Waals surface area contributed by atoms with Gasteiger partial charge in [0.15, 0.2) is 0 Å². The number of anilines is 1. The van der Waals surface area contributed by atoms with Gasteiger partial charge in [0.2, 0.25) is 0 Å². The Labute approximate surface area is 118 Å². The van der Waals surface area contributed by atoms with Gasteiger partial charge in [-0.3, -0.25) is 10.1 Å². The Morgan fingerprint density at radius 1 is 1.43 bits per heavy atom. The Balaban J connectivity index is 2.11. The first-order chi connectivity index (χ1) is 10.0. The highest BCUT2D eigenvalue weighted by Gasteiger charge is 2.15. The average Bonchev–Trinajstić information content (AvgIpc) is 2.93. The van der Waals surface area contributed by atoms with E-state index in [2.05, 4.69) is 15.0 Å². The van der Waals surface area contributed by atoms with Crippen LogP contribution in [0.4, 0.5) is 15.8 Å². The number of benzene rings is 1. The maximum Gasteiger partial charge on any atom is 0.354 e. The molecular formula is C13H12FN3O4. The highest BCUT2D eigenvalue weighted by atomic mass is 19.1. The average molecular weight is 293 g/mol. The summed E-state index contributed by atoms with van der Waals surface area (Å²) in [6.07, 6.45) is 0. The van der Waals surface area contributed by atoms with Crippen LogP contribution in [0, 0.1) is 15.9 Å². The first kappa shape index (κ1) is 14.5. The molecule has 1 heterocycles. The fourth-order valence-corrected chi connectivity index (χ4v) is 1.77. The van der Waals surface area contributed by atoms with E-state index in [4.69, 9.17) is 0 Å². The molecule has 1 aromatic heterocycles. The van der Waals surface area contributed by atoms with Crippen molar-refractivity contribution < 1.29 is 18.8 Å². The summed E-state index contributed by atoms with van der Waals surface area (Å²) < 4.78 is 17.6. The molecule has 0 fully saturated rings. The van der Waals surface area contributed by atoms with E-state index in [-0.39, 0.29) is 23.6 Å². The molecule has 8 heteroatoms. The van der Waals surface area contributed by atoms with Gasteiger partial charge in [0.1, 0.15) is 17.2 Å². The van der Waals surface area contributed by atoms with Gasteiger partial charge in [-0.2, -0.15) is 0 Å². The summed E-state index contributed by atoms with van der Waals surface area (Å²) in [6, 6.07) is 6.45. The molecular weight excluding hydrogens is 281 g/mol. The zero-order chi connectivity index (χ0) is 15.4. The van der Waals surface area contributed by atoms with E-state index in [1.807, 2.05) is 0 Å².